The fraction of sp³-hybridized carbons (Fsp3) is 0.250. The first kappa shape index (κ1) is 15.1. The van der Waals surface area contributed by atoms with Crippen molar-refractivity contribution in [3.63, 3.8) is 0 Å². The van der Waals surface area contributed by atoms with Crippen LogP contribution in [0.5, 0.6) is 0 Å². The minimum absolute atomic E-state index is 0.0682. The van der Waals surface area contributed by atoms with Crippen LogP contribution in [0.25, 0.3) is 0 Å². The molecule has 1 unspecified atom stereocenters. The second-order valence-corrected chi connectivity index (χ2v) is 5.77. The van der Waals surface area contributed by atoms with E-state index >= 15 is 0 Å². The maximum Gasteiger partial charge on any atom is 0.126 e. The van der Waals surface area contributed by atoms with Crippen LogP contribution < -0.4 is 5.32 Å². The number of aryl methyl sites for hydroxylation is 2. The molecule has 0 saturated carbocycles. The normalized spacial score (nSPS) is 12.3. The second-order valence-electron chi connectivity index (χ2n) is 4.96. The molecule has 0 aliphatic rings. The molecule has 20 heavy (non-hydrogen) atoms. The van der Waals surface area contributed by atoms with Crippen LogP contribution in [0.15, 0.2) is 30.3 Å². The highest BCUT2D eigenvalue weighted by atomic mass is 35.5. The quantitative estimate of drug-likeness (QED) is 0.741. The van der Waals surface area contributed by atoms with Gasteiger partial charge in [0.2, 0.25) is 0 Å². The molecule has 106 valence electrons. The van der Waals surface area contributed by atoms with E-state index < -0.39 is 0 Å². The lowest BCUT2D eigenvalue weighted by Crippen LogP contribution is -2.07. The summed E-state index contributed by atoms with van der Waals surface area (Å²) < 4.78 is 13.6. The zero-order valence-electron chi connectivity index (χ0n) is 11.6. The number of rotatable bonds is 3. The summed E-state index contributed by atoms with van der Waals surface area (Å²) in [6, 6.07) is 8.75. The summed E-state index contributed by atoms with van der Waals surface area (Å²) in [6.45, 7) is 5.60. The van der Waals surface area contributed by atoms with Crippen LogP contribution in [-0.4, -0.2) is 0 Å². The molecule has 1 N–H and O–H groups in total. The molecular weight excluding hydrogens is 296 g/mol. The van der Waals surface area contributed by atoms with Crippen LogP contribution >= 0.6 is 23.2 Å². The molecule has 0 aliphatic carbocycles. The van der Waals surface area contributed by atoms with E-state index in [1.165, 1.54) is 6.07 Å². The van der Waals surface area contributed by atoms with Crippen LogP contribution in [0.3, 0.4) is 0 Å². The molecule has 4 heteroatoms. The smallest absolute Gasteiger partial charge is 0.126 e. The SMILES string of the molecule is Cc1ccc(C(C)Nc2cc(Cl)c(C)cc2Cl)cc1F. The van der Waals surface area contributed by atoms with Crippen molar-refractivity contribution in [1.29, 1.82) is 0 Å². The van der Waals surface area contributed by atoms with E-state index in [-0.39, 0.29) is 11.9 Å². The largest absolute Gasteiger partial charge is 0.377 e. The van der Waals surface area contributed by atoms with E-state index in [1.807, 2.05) is 26.0 Å². The van der Waals surface area contributed by atoms with Crippen molar-refractivity contribution in [2.75, 3.05) is 5.32 Å². The van der Waals surface area contributed by atoms with Gasteiger partial charge in [-0.25, -0.2) is 4.39 Å². The first-order valence-electron chi connectivity index (χ1n) is 6.36. The molecule has 0 heterocycles. The maximum absolute atomic E-state index is 13.6. The van der Waals surface area contributed by atoms with Gasteiger partial charge in [-0.15, -0.1) is 0 Å². The molecule has 2 aromatic carbocycles. The van der Waals surface area contributed by atoms with Gasteiger partial charge in [0.15, 0.2) is 0 Å². The van der Waals surface area contributed by atoms with Crippen molar-refractivity contribution in [3.8, 4) is 0 Å². The Balaban J connectivity index is 2.25. The first-order valence-corrected chi connectivity index (χ1v) is 7.12. The molecule has 1 nitrogen and oxygen atoms in total. The summed E-state index contributed by atoms with van der Waals surface area (Å²) in [5.74, 6) is -0.204. The summed E-state index contributed by atoms with van der Waals surface area (Å²) in [4.78, 5) is 0. The number of anilines is 1. The number of hydrogen-bond donors (Lipinski definition) is 1. The Labute approximate surface area is 128 Å². The van der Waals surface area contributed by atoms with E-state index in [9.17, 15) is 4.39 Å². The lowest BCUT2D eigenvalue weighted by atomic mass is 10.1. The van der Waals surface area contributed by atoms with Gasteiger partial charge >= 0.3 is 0 Å². The van der Waals surface area contributed by atoms with E-state index in [2.05, 4.69) is 5.32 Å². The van der Waals surface area contributed by atoms with E-state index in [0.29, 0.717) is 15.6 Å². The standard InChI is InChI=1S/C16H16Cl2FN/c1-9-4-5-12(7-15(9)19)11(3)20-16-8-13(17)10(2)6-14(16)18/h4-8,11,20H,1-3H3. The van der Waals surface area contributed by atoms with Gasteiger partial charge in [-0.1, -0.05) is 35.3 Å². The molecule has 2 aromatic rings. The third-order valence-electron chi connectivity index (χ3n) is 3.32. The minimum atomic E-state index is -0.204. The average molecular weight is 312 g/mol. The minimum Gasteiger partial charge on any atom is -0.377 e. The van der Waals surface area contributed by atoms with Crippen molar-refractivity contribution in [3.05, 3.63) is 62.9 Å². The Morgan fingerprint density at radius 3 is 2.35 bits per heavy atom. The second kappa shape index (κ2) is 6.02. The van der Waals surface area contributed by atoms with Crippen LogP contribution in [0.2, 0.25) is 10.0 Å². The molecule has 0 aromatic heterocycles. The Bertz CT molecular complexity index is 641. The van der Waals surface area contributed by atoms with Crippen molar-refractivity contribution < 1.29 is 4.39 Å². The Hall–Kier alpha value is -1.25. The van der Waals surface area contributed by atoms with Gasteiger partial charge < -0.3 is 5.32 Å². The molecule has 0 radical (unpaired) electrons. The lowest BCUT2D eigenvalue weighted by Gasteiger charge is -2.18. The summed E-state index contributed by atoms with van der Waals surface area (Å²) in [5.41, 5.74) is 3.17. The Kier molecular flexibility index (Phi) is 4.56. The Morgan fingerprint density at radius 1 is 1.00 bits per heavy atom. The molecular formula is C16H16Cl2FN. The molecule has 0 bridgehead atoms. The summed E-state index contributed by atoms with van der Waals surface area (Å²) >= 11 is 12.3. The number of benzene rings is 2. The third-order valence-corrected chi connectivity index (χ3v) is 4.04. The van der Waals surface area contributed by atoms with E-state index in [4.69, 9.17) is 23.2 Å². The summed E-state index contributed by atoms with van der Waals surface area (Å²) in [5, 5.41) is 4.51. The van der Waals surface area contributed by atoms with Gasteiger partial charge in [0.1, 0.15) is 5.82 Å². The fourth-order valence-corrected chi connectivity index (χ4v) is 2.39. The topological polar surface area (TPSA) is 12.0 Å². The van der Waals surface area contributed by atoms with Gasteiger partial charge in [-0.2, -0.15) is 0 Å². The number of halogens is 3. The van der Waals surface area contributed by atoms with E-state index in [1.54, 1.807) is 19.1 Å². The predicted octanol–water partition coefficient (Wildman–Crippen LogP) is 5.92. The zero-order chi connectivity index (χ0) is 14.9. The molecule has 1 atom stereocenters. The van der Waals surface area contributed by atoms with Crippen molar-refractivity contribution >= 4 is 28.9 Å². The molecule has 0 amide bonds. The van der Waals surface area contributed by atoms with E-state index in [0.717, 1.165) is 16.8 Å². The molecule has 0 fully saturated rings. The van der Waals surface area contributed by atoms with Gasteiger partial charge in [0, 0.05) is 11.1 Å². The van der Waals surface area contributed by atoms with Gasteiger partial charge in [0.25, 0.3) is 0 Å². The molecule has 2 rings (SSSR count). The van der Waals surface area contributed by atoms with Crippen molar-refractivity contribution in [1.82, 2.24) is 0 Å². The van der Waals surface area contributed by atoms with Crippen LogP contribution in [0.1, 0.15) is 29.7 Å². The summed E-state index contributed by atoms with van der Waals surface area (Å²) in [7, 11) is 0. The highest BCUT2D eigenvalue weighted by Gasteiger charge is 2.11. The van der Waals surface area contributed by atoms with Crippen molar-refractivity contribution in [2.24, 2.45) is 0 Å². The zero-order valence-corrected chi connectivity index (χ0v) is 13.1. The maximum atomic E-state index is 13.6. The van der Waals surface area contributed by atoms with Crippen molar-refractivity contribution in [2.45, 2.75) is 26.8 Å². The van der Waals surface area contributed by atoms with Gasteiger partial charge in [-0.3, -0.25) is 0 Å². The monoisotopic (exact) mass is 311 g/mol. The Morgan fingerprint density at radius 2 is 1.70 bits per heavy atom. The average Bonchev–Trinajstić information content (AvgIpc) is 2.39. The predicted molar refractivity (Wildman–Crippen MR) is 84.4 cm³/mol. The highest BCUT2D eigenvalue weighted by molar-refractivity contribution is 6.35. The van der Waals surface area contributed by atoms with Gasteiger partial charge in [0.05, 0.1) is 10.7 Å². The number of hydrogen-bond acceptors (Lipinski definition) is 1. The van der Waals surface area contributed by atoms with Crippen LogP contribution in [-0.2, 0) is 0 Å². The van der Waals surface area contributed by atoms with Crippen LogP contribution in [0.4, 0.5) is 10.1 Å². The lowest BCUT2D eigenvalue weighted by molar-refractivity contribution is 0.614. The fourth-order valence-electron chi connectivity index (χ4n) is 1.95. The number of nitrogens with one attached hydrogen (secondary N) is 1. The highest BCUT2D eigenvalue weighted by Crippen LogP contribution is 2.31. The van der Waals surface area contributed by atoms with Gasteiger partial charge in [-0.05, 0) is 55.7 Å². The van der Waals surface area contributed by atoms with Crippen LogP contribution in [0, 0.1) is 19.7 Å². The molecule has 0 saturated heterocycles. The first-order chi connectivity index (χ1) is 9.38. The third kappa shape index (κ3) is 3.25. The summed E-state index contributed by atoms with van der Waals surface area (Å²) in [6.07, 6.45) is 0. The molecule has 0 spiro atoms. The molecule has 0 aliphatic heterocycles.